The minimum atomic E-state index is -2.20. The van der Waals surface area contributed by atoms with E-state index >= 15 is 0 Å². The van der Waals surface area contributed by atoms with Gasteiger partial charge in [0, 0.05) is 0 Å². The van der Waals surface area contributed by atoms with Crippen molar-refractivity contribution >= 4 is 63.7 Å². The van der Waals surface area contributed by atoms with Gasteiger partial charge in [0.05, 0.1) is 11.1 Å². The maximum atomic E-state index is 12.5. The lowest BCUT2D eigenvalue weighted by atomic mass is 9.99. The Bertz CT molecular complexity index is 807. The van der Waals surface area contributed by atoms with Crippen molar-refractivity contribution < 1.29 is 29.1 Å². The van der Waals surface area contributed by atoms with Crippen LogP contribution in [0, 0.1) is 0 Å². The maximum absolute atomic E-state index is 12.5. The number of benzene rings is 1. The zero-order valence-corrected chi connectivity index (χ0v) is 15.5. The van der Waals surface area contributed by atoms with Crippen LogP contribution in [0.2, 0.25) is 0 Å². The van der Waals surface area contributed by atoms with E-state index < -0.39 is 44.6 Å². The third-order valence-corrected chi connectivity index (χ3v) is 6.36. The summed E-state index contributed by atoms with van der Waals surface area (Å²) >= 11 is 7.47. The fourth-order valence-electron chi connectivity index (χ4n) is 2.88. The molecule has 8 nitrogen and oxygen atoms in total. The van der Waals surface area contributed by atoms with Gasteiger partial charge in [-0.2, -0.15) is 0 Å². The number of carbonyl (C=O) groups excluding carboxylic acids is 4. The maximum Gasteiger partial charge on any atom is 0.348 e. The van der Waals surface area contributed by atoms with E-state index in [0.29, 0.717) is 4.90 Å². The van der Waals surface area contributed by atoms with E-state index in [2.05, 4.69) is 0 Å². The van der Waals surface area contributed by atoms with Gasteiger partial charge >= 0.3 is 5.97 Å². The van der Waals surface area contributed by atoms with Gasteiger partial charge in [-0.25, -0.2) is 4.79 Å². The minimum Gasteiger partial charge on any atom is -0.479 e. The molecule has 0 unspecified atom stereocenters. The fourth-order valence-corrected chi connectivity index (χ4v) is 4.05. The third-order valence-electron chi connectivity index (χ3n) is 4.18. The summed E-state index contributed by atoms with van der Waals surface area (Å²) in [6.45, 7) is 1.02. The van der Waals surface area contributed by atoms with Crippen LogP contribution in [0.15, 0.2) is 24.3 Å². The molecule has 1 N–H and O–H groups in total. The van der Waals surface area contributed by atoms with Gasteiger partial charge in [-0.15, -0.1) is 0 Å². The molecule has 2 aliphatic rings. The number of amides is 3. The third kappa shape index (κ3) is 2.21. The van der Waals surface area contributed by atoms with Crippen LogP contribution in [0.25, 0.3) is 0 Å². The molecule has 1 saturated heterocycles. The Hall–Kier alpha value is -2.01. The van der Waals surface area contributed by atoms with Crippen molar-refractivity contribution in [1.82, 2.24) is 9.80 Å². The Kier molecular flexibility index (Phi) is 4.11. The number of carbonyl (C=O) groups is 5. The quantitative estimate of drug-likeness (QED) is 0.172. The zero-order valence-electron chi connectivity index (χ0n) is 12.6. The molecule has 3 rings (SSSR count). The van der Waals surface area contributed by atoms with Crippen molar-refractivity contribution in [2.24, 2.45) is 0 Å². The lowest BCUT2D eigenvalue weighted by Crippen LogP contribution is -2.76. The lowest BCUT2D eigenvalue weighted by Gasteiger charge is -2.51. The largest absolute Gasteiger partial charge is 0.479 e. The number of rotatable bonds is 4. The van der Waals surface area contributed by atoms with Crippen molar-refractivity contribution in [1.29, 1.82) is 0 Å². The van der Waals surface area contributed by atoms with Crippen LogP contribution < -0.4 is 0 Å². The molecule has 10 heteroatoms. The highest BCUT2D eigenvalue weighted by Crippen LogP contribution is 2.41. The molecule has 1 aromatic rings. The molecule has 0 spiro atoms. The molecule has 3 atom stereocenters. The molecule has 1 fully saturated rings. The molecule has 2 heterocycles. The molecule has 1 aromatic carbocycles. The average Bonchev–Trinajstić information content (AvgIpc) is 2.80. The first kappa shape index (κ1) is 17.8. The van der Waals surface area contributed by atoms with Gasteiger partial charge in [-0.3, -0.25) is 29.0 Å². The molecule has 2 aliphatic heterocycles. The van der Waals surface area contributed by atoms with E-state index in [9.17, 15) is 29.1 Å². The monoisotopic (exact) mass is 476 g/mol. The van der Waals surface area contributed by atoms with Gasteiger partial charge in [0.25, 0.3) is 21.3 Å². The molecule has 0 aromatic heterocycles. The van der Waals surface area contributed by atoms with E-state index in [-0.39, 0.29) is 11.1 Å². The van der Waals surface area contributed by atoms with Crippen LogP contribution in [0.3, 0.4) is 0 Å². The molecule has 0 aliphatic carbocycles. The summed E-state index contributed by atoms with van der Waals surface area (Å²) in [6, 6.07) is 4.71. The second-order valence-corrected chi connectivity index (χ2v) is 7.54. The summed E-state index contributed by atoms with van der Waals surface area (Å²) in [4.78, 5) is 62.1. The number of nitrogens with zero attached hydrogens (tertiary/aromatic N) is 2. The molecule has 0 bridgehead atoms. The van der Waals surface area contributed by atoms with Crippen LogP contribution in [-0.2, 0) is 14.4 Å². The summed E-state index contributed by atoms with van der Waals surface area (Å²) in [5.41, 5.74) is -1.03. The van der Waals surface area contributed by atoms with Crippen molar-refractivity contribution in [2.45, 2.75) is 22.0 Å². The van der Waals surface area contributed by atoms with Crippen LogP contribution in [0.4, 0.5) is 0 Å². The van der Waals surface area contributed by atoms with Crippen molar-refractivity contribution in [2.75, 3.05) is 0 Å². The van der Waals surface area contributed by atoms with Crippen molar-refractivity contribution in [3.05, 3.63) is 35.4 Å². The molecule has 3 amide bonds. The second kappa shape index (κ2) is 5.77. The number of likely N-dealkylation sites (tertiary alicyclic amines) is 1. The number of fused-ring (bicyclic) bond motifs is 1. The van der Waals surface area contributed by atoms with Gasteiger partial charge < -0.3 is 5.11 Å². The number of carboxylic acid groups (broad SMARTS) is 1. The highest BCUT2D eigenvalue weighted by molar-refractivity contribution is 14.1. The van der Waals surface area contributed by atoms with E-state index in [1.807, 2.05) is 0 Å². The predicted octanol–water partition coefficient (Wildman–Crippen LogP) is 0.863. The number of alkyl halides is 2. The molecular weight excluding hydrogens is 467 g/mol. The number of carboxylic acids is 1. The number of Topliss-reactive ketones (excluding diaryl/α,β-unsaturated/α-hetero) is 1. The summed E-state index contributed by atoms with van der Waals surface area (Å²) in [7, 11) is 0. The number of hydrogen-bond acceptors (Lipinski definition) is 5. The first-order valence-electron chi connectivity index (χ1n) is 7.01. The first-order valence-corrected chi connectivity index (χ1v) is 8.53. The number of ketones is 1. The lowest BCUT2D eigenvalue weighted by molar-refractivity contribution is -0.168. The predicted molar refractivity (Wildman–Crippen MR) is 92.3 cm³/mol. The van der Waals surface area contributed by atoms with Crippen LogP contribution in [0.1, 0.15) is 27.6 Å². The Morgan fingerprint density at radius 3 is 2.00 bits per heavy atom. The number of halogens is 2. The minimum absolute atomic E-state index is 0.146. The standard InChI is InChI=1S/C15H10ClIN2O6/c1-6(20)15(17,14(24)25)19-10(16)9(13(19)23)18-11(21)7-4-2-3-5-8(7)12(18)22/h2-5,9-10H,1H3,(H,24,25)/t9-,10+,15-/m1/s1. The summed E-state index contributed by atoms with van der Waals surface area (Å²) in [5, 5.41) is 9.34. The van der Waals surface area contributed by atoms with E-state index in [1.165, 1.54) is 34.7 Å². The Balaban J connectivity index is 1.95. The highest BCUT2D eigenvalue weighted by atomic mass is 127. The van der Waals surface area contributed by atoms with Gasteiger partial charge in [-0.05, 0) is 41.6 Å². The highest BCUT2D eigenvalue weighted by Gasteiger charge is 2.65. The summed E-state index contributed by atoms with van der Waals surface area (Å²) < 4.78 is -2.20. The van der Waals surface area contributed by atoms with Crippen molar-refractivity contribution in [3.63, 3.8) is 0 Å². The van der Waals surface area contributed by atoms with E-state index in [4.69, 9.17) is 11.6 Å². The second-order valence-electron chi connectivity index (χ2n) is 5.54. The Labute approximate surface area is 159 Å². The normalized spacial score (nSPS) is 24.7. The van der Waals surface area contributed by atoms with E-state index in [0.717, 1.165) is 11.8 Å². The van der Waals surface area contributed by atoms with Crippen molar-refractivity contribution in [3.8, 4) is 0 Å². The molecular formula is C15H10ClIN2O6. The molecule has 0 radical (unpaired) electrons. The molecule has 0 saturated carbocycles. The average molecular weight is 477 g/mol. The SMILES string of the molecule is CC(=O)[C@](I)(C(=O)O)N1C(=O)[C@H](N2C(=O)c3ccccc3C2=O)[C@H]1Cl. The topological polar surface area (TPSA) is 112 Å². The smallest absolute Gasteiger partial charge is 0.348 e. The van der Waals surface area contributed by atoms with Gasteiger partial charge in [0.1, 0.15) is 5.50 Å². The number of imide groups is 1. The van der Waals surface area contributed by atoms with Crippen LogP contribution in [-0.4, -0.2) is 59.5 Å². The Morgan fingerprint density at radius 1 is 1.16 bits per heavy atom. The van der Waals surface area contributed by atoms with Gasteiger partial charge in [0.2, 0.25) is 0 Å². The van der Waals surface area contributed by atoms with E-state index in [1.54, 1.807) is 12.1 Å². The van der Waals surface area contributed by atoms with Crippen LogP contribution in [0.5, 0.6) is 0 Å². The molecule has 25 heavy (non-hydrogen) atoms. The molecule has 130 valence electrons. The summed E-state index contributed by atoms with van der Waals surface area (Å²) in [6.07, 6.45) is 0. The Morgan fingerprint density at radius 2 is 1.64 bits per heavy atom. The zero-order chi connectivity index (χ0) is 18.7. The van der Waals surface area contributed by atoms with Gasteiger partial charge in [-0.1, -0.05) is 23.7 Å². The summed E-state index contributed by atoms with van der Waals surface area (Å²) in [5.74, 6) is -4.59. The van der Waals surface area contributed by atoms with Gasteiger partial charge in [0.15, 0.2) is 11.8 Å². The first-order chi connectivity index (χ1) is 11.6. The fraction of sp³-hybridized carbons (Fsp3) is 0.267. The van der Waals surface area contributed by atoms with Crippen LogP contribution >= 0.6 is 34.2 Å². The number of aliphatic carboxylic acids is 1. The number of β-lactam (4-membered cyclic amide) rings is 1. The number of hydrogen-bond donors (Lipinski definition) is 1.